The Hall–Kier alpha value is -2.61. The highest BCUT2D eigenvalue weighted by atomic mass is 16.4. The Morgan fingerprint density at radius 3 is 2.52 bits per heavy atom. The fraction of sp³-hybridized carbons (Fsp3) is 0.308. The number of anilines is 1. The molecule has 0 aliphatic heterocycles. The van der Waals surface area contributed by atoms with Gasteiger partial charge in [0.1, 0.15) is 6.04 Å². The molecule has 1 atom stereocenters. The molecule has 5 N–H and O–H groups in total. The molecule has 1 rings (SSSR count). The minimum Gasteiger partial charge on any atom is -0.481 e. The molecule has 1 aromatic carbocycles. The van der Waals surface area contributed by atoms with E-state index in [-0.39, 0.29) is 0 Å². The third-order valence-electron chi connectivity index (χ3n) is 2.55. The second-order valence-corrected chi connectivity index (χ2v) is 4.32. The number of carbonyl (C=O) groups excluding carboxylic acids is 1. The van der Waals surface area contributed by atoms with Gasteiger partial charge in [-0.25, -0.2) is 9.59 Å². The van der Waals surface area contributed by atoms with E-state index in [4.69, 9.17) is 10.2 Å². The fourth-order valence-electron chi connectivity index (χ4n) is 1.66. The van der Waals surface area contributed by atoms with Gasteiger partial charge in [0.05, 0.1) is 6.42 Å². The van der Waals surface area contributed by atoms with Crippen molar-refractivity contribution in [2.45, 2.75) is 19.0 Å². The van der Waals surface area contributed by atoms with E-state index < -0.39 is 30.4 Å². The van der Waals surface area contributed by atoms with Crippen molar-refractivity contribution in [1.29, 1.82) is 0 Å². The van der Waals surface area contributed by atoms with Crippen molar-refractivity contribution >= 4 is 23.7 Å². The smallest absolute Gasteiger partial charge is 0.326 e. The van der Waals surface area contributed by atoms with Crippen LogP contribution in [0.15, 0.2) is 24.3 Å². The fourth-order valence-corrected chi connectivity index (χ4v) is 1.66. The van der Waals surface area contributed by atoms with Crippen LogP contribution in [0.5, 0.6) is 0 Å². The van der Waals surface area contributed by atoms with Gasteiger partial charge in [0.2, 0.25) is 0 Å². The van der Waals surface area contributed by atoms with Crippen LogP contribution in [0.2, 0.25) is 0 Å². The first kappa shape index (κ1) is 16.4. The number of hydrogen-bond acceptors (Lipinski definition) is 4. The third-order valence-corrected chi connectivity index (χ3v) is 2.55. The van der Waals surface area contributed by atoms with E-state index >= 15 is 0 Å². The molecule has 8 nitrogen and oxygen atoms in total. The highest BCUT2D eigenvalue weighted by Crippen LogP contribution is 2.10. The van der Waals surface area contributed by atoms with E-state index in [9.17, 15) is 14.4 Å². The van der Waals surface area contributed by atoms with E-state index in [1.807, 2.05) is 6.07 Å². The number of amides is 2. The van der Waals surface area contributed by atoms with Crippen molar-refractivity contribution in [3.63, 3.8) is 0 Å². The van der Waals surface area contributed by atoms with Gasteiger partial charge in [0, 0.05) is 12.2 Å². The molecule has 0 saturated heterocycles. The average Bonchev–Trinajstić information content (AvgIpc) is 2.38. The van der Waals surface area contributed by atoms with Gasteiger partial charge in [0.25, 0.3) is 0 Å². The molecule has 0 saturated carbocycles. The number of rotatable bonds is 7. The Labute approximate surface area is 121 Å². The zero-order valence-electron chi connectivity index (χ0n) is 11.4. The molecular formula is C13H17N3O5. The van der Waals surface area contributed by atoms with E-state index in [0.717, 1.165) is 5.56 Å². The van der Waals surface area contributed by atoms with Crippen molar-refractivity contribution < 1.29 is 24.6 Å². The van der Waals surface area contributed by atoms with Gasteiger partial charge in [-0.2, -0.15) is 0 Å². The number of urea groups is 1. The molecule has 0 aliphatic rings. The quantitative estimate of drug-likeness (QED) is 0.497. The molecule has 21 heavy (non-hydrogen) atoms. The summed E-state index contributed by atoms with van der Waals surface area (Å²) in [5.41, 5.74) is 1.43. The lowest BCUT2D eigenvalue weighted by Crippen LogP contribution is -2.44. The summed E-state index contributed by atoms with van der Waals surface area (Å²) in [5.74, 6) is -2.71. The van der Waals surface area contributed by atoms with Crippen LogP contribution in [0.25, 0.3) is 0 Å². The molecule has 0 fully saturated rings. The molecule has 0 bridgehead atoms. The maximum atomic E-state index is 11.7. The van der Waals surface area contributed by atoms with Crippen molar-refractivity contribution in [1.82, 2.24) is 10.6 Å². The minimum absolute atomic E-state index is 0.486. The van der Waals surface area contributed by atoms with Gasteiger partial charge in [-0.3, -0.25) is 4.79 Å². The van der Waals surface area contributed by atoms with Crippen molar-refractivity contribution in [2.75, 3.05) is 12.4 Å². The summed E-state index contributed by atoms with van der Waals surface area (Å²) in [6.07, 6.45) is -0.692. The Balaban J connectivity index is 2.65. The summed E-state index contributed by atoms with van der Waals surface area (Å²) >= 11 is 0. The van der Waals surface area contributed by atoms with E-state index in [1.165, 1.54) is 0 Å². The second-order valence-electron chi connectivity index (χ2n) is 4.32. The lowest BCUT2D eigenvalue weighted by molar-refractivity contribution is -0.145. The van der Waals surface area contributed by atoms with Crippen LogP contribution in [0.3, 0.4) is 0 Å². The standard InChI is InChI=1S/C13H17N3O5/c1-14-7-8-3-2-4-9(5-8)15-13(21)16-10(12(19)20)6-11(17)18/h2-5,10,14H,6-7H2,1H3,(H,17,18)(H,19,20)(H2,15,16,21). The highest BCUT2D eigenvalue weighted by Gasteiger charge is 2.22. The number of benzene rings is 1. The normalized spacial score (nSPS) is 11.5. The number of nitrogens with one attached hydrogen (secondary N) is 3. The van der Waals surface area contributed by atoms with Crippen LogP contribution < -0.4 is 16.0 Å². The Morgan fingerprint density at radius 2 is 1.95 bits per heavy atom. The number of carboxylic acids is 2. The van der Waals surface area contributed by atoms with E-state index in [0.29, 0.717) is 12.2 Å². The number of carboxylic acid groups (broad SMARTS) is 2. The second kappa shape index (κ2) is 7.85. The zero-order chi connectivity index (χ0) is 15.8. The summed E-state index contributed by atoms with van der Waals surface area (Å²) in [4.78, 5) is 33.1. The maximum absolute atomic E-state index is 11.7. The number of aliphatic carboxylic acids is 2. The summed E-state index contributed by atoms with van der Waals surface area (Å²) in [7, 11) is 1.79. The Morgan fingerprint density at radius 1 is 1.24 bits per heavy atom. The van der Waals surface area contributed by atoms with E-state index in [1.54, 1.807) is 25.2 Å². The average molecular weight is 295 g/mol. The van der Waals surface area contributed by atoms with Crippen LogP contribution in [0, 0.1) is 0 Å². The summed E-state index contributed by atoms with van der Waals surface area (Å²) in [6.45, 7) is 0.619. The van der Waals surface area contributed by atoms with E-state index in [2.05, 4.69) is 16.0 Å². The van der Waals surface area contributed by atoms with Crippen LogP contribution in [0.4, 0.5) is 10.5 Å². The van der Waals surface area contributed by atoms with Gasteiger partial charge in [-0.1, -0.05) is 12.1 Å². The van der Waals surface area contributed by atoms with Crippen LogP contribution in [-0.2, 0) is 16.1 Å². The summed E-state index contributed by atoms with van der Waals surface area (Å²) < 4.78 is 0. The molecule has 0 radical (unpaired) electrons. The predicted octanol–water partition coefficient (Wildman–Crippen LogP) is 0.455. The molecule has 1 unspecified atom stereocenters. The van der Waals surface area contributed by atoms with Crippen molar-refractivity contribution in [2.24, 2.45) is 0 Å². The number of carbonyl (C=O) groups is 3. The molecule has 114 valence electrons. The van der Waals surface area contributed by atoms with Gasteiger partial charge < -0.3 is 26.2 Å². The molecule has 8 heteroatoms. The topological polar surface area (TPSA) is 128 Å². The first-order chi connectivity index (χ1) is 9.92. The van der Waals surface area contributed by atoms with Gasteiger partial charge in [0.15, 0.2) is 0 Å². The largest absolute Gasteiger partial charge is 0.481 e. The third kappa shape index (κ3) is 5.91. The van der Waals surface area contributed by atoms with Crippen LogP contribution in [-0.4, -0.2) is 41.3 Å². The summed E-state index contributed by atoms with van der Waals surface area (Å²) in [6, 6.07) is 4.72. The highest BCUT2D eigenvalue weighted by molar-refractivity contribution is 5.93. The predicted molar refractivity (Wildman–Crippen MR) is 75.0 cm³/mol. The lowest BCUT2D eigenvalue weighted by Gasteiger charge is -2.13. The summed E-state index contributed by atoms with van der Waals surface area (Å²) in [5, 5.41) is 25.0. The monoisotopic (exact) mass is 295 g/mol. The molecule has 0 aromatic heterocycles. The van der Waals surface area contributed by atoms with Gasteiger partial charge in [-0.15, -0.1) is 0 Å². The molecule has 2 amide bonds. The Bertz CT molecular complexity index is 532. The molecule has 1 aromatic rings. The molecule has 0 heterocycles. The van der Waals surface area contributed by atoms with Crippen LogP contribution >= 0.6 is 0 Å². The van der Waals surface area contributed by atoms with Gasteiger partial charge >= 0.3 is 18.0 Å². The SMILES string of the molecule is CNCc1cccc(NC(=O)NC(CC(=O)O)C(=O)O)c1. The first-order valence-electron chi connectivity index (χ1n) is 6.18. The molecular weight excluding hydrogens is 278 g/mol. The van der Waals surface area contributed by atoms with Crippen LogP contribution in [0.1, 0.15) is 12.0 Å². The first-order valence-corrected chi connectivity index (χ1v) is 6.18. The van der Waals surface area contributed by atoms with Crippen molar-refractivity contribution in [3.8, 4) is 0 Å². The van der Waals surface area contributed by atoms with Crippen molar-refractivity contribution in [3.05, 3.63) is 29.8 Å². The minimum atomic E-state index is -1.48. The number of hydrogen-bond donors (Lipinski definition) is 5. The maximum Gasteiger partial charge on any atom is 0.326 e. The Kier molecular flexibility index (Phi) is 6.15. The van der Waals surface area contributed by atoms with Gasteiger partial charge in [-0.05, 0) is 24.7 Å². The lowest BCUT2D eigenvalue weighted by atomic mass is 10.2. The molecule has 0 aliphatic carbocycles. The zero-order valence-corrected chi connectivity index (χ0v) is 11.4. The molecule has 0 spiro atoms.